The number of hydrogen-bond acceptors (Lipinski definition) is 2. The molecular formula is C18H20N2O2. The SMILES string of the molecule is CCC(=O)Nc1cccc(NC(=O)c2ccc(C)c(C)c2)c1. The fraction of sp³-hybridized carbons (Fsp3) is 0.222. The van der Waals surface area contributed by atoms with Crippen molar-refractivity contribution in [3.63, 3.8) is 0 Å². The van der Waals surface area contributed by atoms with Crippen molar-refractivity contribution in [2.75, 3.05) is 10.6 Å². The third kappa shape index (κ3) is 3.95. The van der Waals surface area contributed by atoms with Gasteiger partial charge in [0.2, 0.25) is 5.91 Å². The van der Waals surface area contributed by atoms with Gasteiger partial charge in [-0.2, -0.15) is 0 Å². The average Bonchev–Trinajstić information content (AvgIpc) is 2.50. The summed E-state index contributed by atoms with van der Waals surface area (Å²) in [7, 11) is 0. The smallest absolute Gasteiger partial charge is 0.255 e. The quantitative estimate of drug-likeness (QED) is 0.899. The summed E-state index contributed by atoms with van der Waals surface area (Å²) in [5.41, 5.74) is 4.17. The van der Waals surface area contributed by atoms with Crippen LogP contribution in [-0.4, -0.2) is 11.8 Å². The van der Waals surface area contributed by atoms with Crippen LogP contribution >= 0.6 is 0 Å². The van der Waals surface area contributed by atoms with Crippen molar-refractivity contribution >= 4 is 23.2 Å². The number of amides is 2. The average molecular weight is 296 g/mol. The summed E-state index contributed by atoms with van der Waals surface area (Å²) < 4.78 is 0. The Bertz CT molecular complexity index is 708. The van der Waals surface area contributed by atoms with Crippen LogP contribution in [0.15, 0.2) is 42.5 Å². The third-order valence-electron chi connectivity index (χ3n) is 3.49. The van der Waals surface area contributed by atoms with Crippen molar-refractivity contribution in [3.8, 4) is 0 Å². The number of nitrogens with one attached hydrogen (secondary N) is 2. The maximum absolute atomic E-state index is 12.3. The molecule has 0 spiro atoms. The number of carbonyl (C=O) groups excluding carboxylic acids is 2. The Hall–Kier alpha value is -2.62. The Morgan fingerprint density at radius 1 is 0.909 bits per heavy atom. The summed E-state index contributed by atoms with van der Waals surface area (Å²) in [5.74, 6) is -0.222. The van der Waals surface area contributed by atoms with E-state index in [2.05, 4.69) is 10.6 Å². The van der Waals surface area contributed by atoms with Gasteiger partial charge in [-0.15, -0.1) is 0 Å². The van der Waals surface area contributed by atoms with Gasteiger partial charge in [-0.1, -0.05) is 19.1 Å². The van der Waals surface area contributed by atoms with Crippen LogP contribution in [0.2, 0.25) is 0 Å². The zero-order valence-corrected chi connectivity index (χ0v) is 13.1. The maximum Gasteiger partial charge on any atom is 0.255 e. The molecule has 0 aliphatic carbocycles. The van der Waals surface area contributed by atoms with Gasteiger partial charge in [0.1, 0.15) is 0 Å². The molecule has 2 amide bonds. The molecular weight excluding hydrogens is 276 g/mol. The number of hydrogen-bond donors (Lipinski definition) is 2. The summed E-state index contributed by atoms with van der Waals surface area (Å²) in [6.07, 6.45) is 0.416. The van der Waals surface area contributed by atoms with Crippen molar-refractivity contribution in [1.82, 2.24) is 0 Å². The van der Waals surface area contributed by atoms with Crippen molar-refractivity contribution in [2.24, 2.45) is 0 Å². The normalized spacial score (nSPS) is 10.1. The molecule has 2 aromatic rings. The number of rotatable bonds is 4. The second-order valence-electron chi connectivity index (χ2n) is 5.24. The van der Waals surface area contributed by atoms with Gasteiger partial charge in [-0.05, 0) is 55.3 Å². The molecule has 0 saturated carbocycles. The molecule has 2 rings (SSSR count). The molecule has 0 heterocycles. The highest BCUT2D eigenvalue weighted by Crippen LogP contribution is 2.17. The molecule has 0 aliphatic rings. The van der Waals surface area contributed by atoms with E-state index in [9.17, 15) is 9.59 Å². The van der Waals surface area contributed by atoms with Gasteiger partial charge in [0, 0.05) is 23.4 Å². The number of anilines is 2. The molecule has 22 heavy (non-hydrogen) atoms. The van der Waals surface area contributed by atoms with E-state index in [4.69, 9.17) is 0 Å². The predicted octanol–water partition coefficient (Wildman–Crippen LogP) is 3.90. The van der Waals surface area contributed by atoms with Crippen molar-refractivity contribution in [3.05, 3.63) is 59.2 Å². The molecule has 0 aromatic heterocycles. The molecule has 0 radical (unpaired) electrons. The highest BCUT2D eigenvalue weighted by Gasteiger charge is 2.08. The Kier molecular flexibility index (Phi) is 4.94. The highest BCUT2D eigenvalue weighted by molar-refractivity contribution is 6.04. The number of carbonyl (C=O) groups is 2. The monoisotopic (exact) mass is 296 g/mol. The van der Waals surface area contributed by atoms with Gasteiger partial charge in [-0.25, -0.2) is 0 Å². The van der Waals surface area contributed by atoms with Crippen molar-refractivity contribution in [2.45, 2.75) is 27.2 Å². The topological polar surface area (TPSA) is 58.2 Å². The lowest BCUT2D eigenvalue weighted by Crippen LogP contribution is -2.13. The standard InChI is InChI=1S/C18H20N2O2/c1-4-17(21)19-15-6-5-7-16(11-15)20-18(22)14-9-8-12(2)13(3)10-14/h5-11H,4H2,1-3H3,(H,19,21)(H,20,22). The van der Waals surface area contributed by atoms with E-state index < -0.39 is 0 Å². The molecule has 0 fully saturated rings. The lowest BCUT2D eigenvalue weighted by Gasteiger charge is -2.09. The van der Waals surface area contributed by atoms with Crippen molar-refractivity contribution in [1.29, 1.82) is 0 Å². The van der Waals surface area contributed by atoms with Gasteiger partial charge < -0.3 is 10.6 Å². The van der Waals surface area contributed by atoms with Crippen LogP contribution in [0.3, 0.4) is 0 Å². The fourth-order valence-electron chi connectivity index (χ4n) is 2.01. The molecule has 4 nitrogen and oxygen atoms in total. The van der Waals surface area contributed by atoms with E-state index in [1.54, 1.807) is 37.3 Å². The van der Waals surface area contributed by atoms with Gasteiger partial charge in [0.25, 0.3) is 5.91 Å². The van der Waals surface area contributed by atoms with E-state index in [0.29, 0.717) is 23.4 Å². The molecule has 0 bridgehead atoms. The number of aryl methyl sites for hydroxylation is 2. The van der Waals surface area contributed by atoms with Crippen LogP contribution in [0.25, 0.3) is 0 Å². The lowest BCUT2D eigenvalue weighted by atomic mass is 10.1. The summed E-state index contributed by atoms with van der Waals surface area (Å²) in [6.45, 7) is 5.78. The fourth-order valence-corrected chi connectivity index (χ4v) is 2.01. The first-order valence-electron chi connectivity index (χ1n) is 7.28. The van der Waals surface area contributed by atoms with Crippen LogP contribution < -0.4 is 10.6 Å². The minimum atomic E-state index is -0.165. The summed E-state index contributed by atoms with van der Waals surface area (Å²) in [6, 6.07) is 12.7. The molecule has 4 heteroatoms. The van der Waals surface area contributed by atoms with E-state index in [1.165, 1.54) is 0 Å². The van der Waals surface area contributed by atoms with Crippen molar-refractivity contribution < 1.29 is 9.59 Å². The zero-order chi connectivity index (χ0) is 16.1. The molecule has 0 atom stereocenters. The zero-order valence-electron chi connectivity index (χ0n) is 13.1. The first-order valence-corrected chi connectivity index (χ1v) is 7.28. The van der Waals surface area contributed by atoms with Gasteiger partial charge in [0.05, 0.1) is 0 Å². The van der Waals surface area contributed by atoms with Crippen LogP contribution in [0, 0.1) is 13.8 Å². The Morgan fingerprint density at radius 2 is 1.59 bits per heavy atom. The largest absolute Gasteiger partial charge is 0.326 e. The van der Waals surface area contributed by atoms with Crippen LogP contribution in [0.1, 0.15) is 34.8 Å². The molecule has 114 valence electrons. The first-order chi connectivity index (χ1) is 10.5. The van der Waals surface area contributed by atoms with Gasteiger partial charge >= 0.3 is 0 Å². The highest BCUT2D eigenvalue weighted by atomic mass is 16.2. The number of benzene rings is 2. The third-order valence-corrected chi connectivity index (χ3v) is 3.49. The Morgan fingerprint density at radius 3 is 2.23 bits per heavy atom. The lowest BCUT2D eigenvalue weighted by molar-refractivity contribution is -0.115. The molecule has 2 N–H and O–H groups in total. The second-order valence-corrected chi connectivity index (χ2v) is 5.24. The summed E-state index contributed by atoms with van der Waals surface area (Å²) in [5, 5.41) is 5.62. The van der Waals surface area contributed by atoms with Crippen LogP contribution in [-0.2, 0) is 4.79 Å². The van der Waals surface area contributed by atoms with E-state index in [0.717, 1.165) is 11.1 Å². The van der Waals surface area contributed by atoms with Gasteiger partial charge in [-0.3, -0.25) is 9.59 Å². The van der Waals surface area contributed by atoms with Crippen LogP contribution in [0.4, 0.5) is 11.4 Å². The minimum Gasteiger partial charge on any atom is -0.326 e. The molecule has 0 unspecified atom stereocenters. The predicted molar refractivity (Wildman–Crippen MR) is 89.2 cm³/mol. The summed E-state index contributed by atoms with van der Waals surface area (Å²) >= 11 is 0. The van der Waals surface area contributed by atoms with Crippen LogP contribution in [0.5, 0.6) is 0 Å². The maximum atomic E-state index is 12.3. The summed E-state index contributed by atoms with van der Waals surface area (Å²) in [4.78, 5) is 23.7. The van der Waals surface area contributed by atoms with Gasteiger partial charge in [0.15, 0.2) is 0 Å². The Balaban J connectivity index is 2.12. The first kappa shape index (κ1) is 15.8. The minimum absolute atomic E-state index is 0.0577. The Labute approximate surface area is 130 Å². The van der Waals surface area contributed by atoms with E-state index >= 15 is 0 Å². The molecule has 2 aromatic carbocycles. The second kappa shape index (κ2) is 6.89. The molecule has 0 saturated heterocycles. The van der Waals surface area contributed by atoms with E-state index in [1.807, 2.05) is 26.0 Å². The van der Waals surface area contributed by atoms with E-state index in [-0.39, 0.29) is 11.8 Å². The molecule has 0 aliphatic heterocycles.